The van der Waals surface area contributed by atoms with E-state index in [0.29, 0.717) is 5.56 Å². The van der Waals surface area contributed by atoms with Crippen molar-refractivity contribution in [1.82, 2.24) is 14.9 Å². The highest BCUT2D eigenvalue weighted by atomic mass is 32.2. The van der Waals surface area contributed by atoms with Crippen molar-refractivity contribution in [2.45, 2.75) is 44.0 Å². The van der Waals surface area contributed by atoms with Gasteiger partial charge in [-0.2, -0.15) is 0 Å². The van der Waals surface area contributed by atoms with Crippen molar-refractivity contribution in [3.8, 4) is 0 Å². The molecule has 7 nitrogen and oxygen atoms in total. The standard InChI is InChI=1S/C15H20N4O3S2/c1-4-5-11(3)19-24(21,22)15-18-17-14(23-15)16-13(20)12-8-6-10(2)7-9-12/h6-9,11,19H,4-5H2,1-3H3,(H,16,17,20)/t11-/m0/s1. The molecule has 0 saturated heterocycles. The molecule has 0 aliphatic rings. The average molecular weight is 368 g/mol. The molecular weight excluding hydrogens is 348 g/mol. The maximum Gasteiger partial charge on any atom is 0.270 e. The van der Waals surface area contributed by atoms with Crippen LogP contribution < -0.4 is 10.0 Å². The van der Waals surface area contributed by atoms with Gasteiger partial charge in [0.05, 0.1) is 0 Å². The van der Waals surface area contributed by atoms with Crippen LogP contribution in [0.25, 0.3) is 0 Å². The Labute approximate surface area is 145 Å². The largest absolute Gasteiger partial charge is 0.296 e. The smallest absolute Gasteiger partial charge is 0.270 e. The summed E-state index contributed by atoms with van der Waals surface area (Å²) in [6.07, 6.45) is 1.60. The number of rotatable bonds is 7. The molecule has 1 heterocycles. The molecule has 0 bridgehead atoms. The van der Waals surface area contributed by atoms with Gasteiger partial charge >= 0.3 is 0 Å². The lowest BCUT2D eigenvalue weighted by Crippen LogP contribution is -2.32. The predicted molar refractivity (Wildman–Crippen MR) is 93.7 cm³/mol. The molecular formula is C15H20N4O3S2. The molecule has 0 aliphatic heterocycles. The van der Waals surface area contributed by atoms with Gasteiger partial charge in [0.25, 0.3) is 15.9 Å². The van der Waals surface area contributed by atoms with Gasteiger partial charge in [-0.25, -0.2) is 13.1 Å². The highest BCUT2D eigenvalue weighted by Gasteiger charge is 2.22. The number of nitrogens with zero attached hydrogens (tertiary/aromatic N) is 2. The molecule has 130 valence electrons. The topological polar surface area (TPSA) is 101 Å². The number of anilines is 1. The second-order valence-corrected chi connectivity index (χ2v) is 8.37. The molecule has 2 aromatic rings. The molecule has 0 spiro atoms. The van der Waals surface area contributed by atoms with E-state index in [-0.39, 0.29) is 21.4 Å². The Hall–Kier alpha value is -1.84. The third-order valence-corrected chi connectivity index (χ3v) is 6.04. The van der Waals surface area contributed by atoms with Gasteiger partial charge in [-0.05, 0) is 32.4 Å². The van der Waals surface area contributed by atoms with Gasteiger partial charge in [-0.3, -0.25) is 10.1 Å². The molecule has 2 N–H and O–H groups in total. The summed E-state index contributed by atoms with van der Waals surface area (Å²) in [7, 11) is -3.72. The third-order valence-electron chi connectivity index (χ3n) is 3.25. The van der Waals surface area contributed by atoms with Crippen LogP contribution in [0.2, 0.25) is 0 Å². The molecule has 2 rings (SSSR count). The summed E-state index contributed by atoms with van der Waals surface area (Å²) in [6, 6.07) is 6.84. The number of hydrogen-bond donors (Lipinski definition) is 2. The zero-order valence-corrected chi connectivity index (χ0v) is 15.4. The van der Waals surface area contributed by atoms with Crippen LogP contribution in [0.1, 0.15) is 42.6 Å². The van der Waals surface area contributed by atoms with E-state index in [1.54, 1.807) is 19.1 Å². The van der Waals surface area contributed by atoms with Gasteiger partial charge < -0.3 is 0 Å². The molecule has 0 radical (unpaired) electrons. The van der Waals surface area contributed by atoms with E-state index < -0.39 is 10.0 Å². The van der Waals surface area contributed by atoms with Gasteiger partial charge in [0.2, 0.25) is 9.47 Å². The Bertz CT molecular complexity index is 800. The minimum atomic E-state index is -3.72. The first kappa shape index (κ1) is 18.5. The molecule has 0 unspecified atom stereocenters. The summed E-state index contributed by atoms with van der Waals surface area (Å²) in [4.78, 5) is 12.1. The minimum absolute atomic E-state index is 0.143. The number of aryl methyl sites for hydroxylation is 1. The normalized spacial score (nSPS) is 12.8. The first-order valence-electron chi connectivity index (χ1n) is 7.55. The first-order chi connectivity index (χ1) is 11.3. The van der Waals surface area contributed by atoms with Gasteiger partial charge in [0.1, 0.15) is 0 Å². The number of carbonyl (C=O) groups is 1. The van der Waals surface area contributed by atoms with Crippen molar-refractivity contribution in [1.29, 1.82) is 0 Å². The fourth-order valence-corrected chi connectivity index (χ4v) is 4.24. The fraction of sp³-hybridized carbons (Fsp3) is 0.400. The van der Waals surface area contributed by atoms with E-state index in [4.69, 9.17) is 0 Å². The molecule has 1 aromatic heterocycles. The zero-order chi connectivity index (χ0) is 17.7. The van der Waals surface area contributed by atoms with Crippen LogP contribution in [0.3, 0.4) is 0 Å². The fourth-order valence-electron chi connectivity index (χ4n) is 2.05. The van der Waals surface area contributed by atoms with E-state index in [1.807, 2.05) is 26.0 Å². The third kappa shape index (κ3) is 4.83. The molecule has 0 fully saturated rings. The summed E-state index contributed by atoms with van der Waals surface area (Å²) in [5, 5.41) is 10.1. The van der Waals surface area contributed by atoms with E-state index in [1.165, 1.54) is 0 Å². The maximum atomic E-state index is 12.2. The maximum absolute atomic E-state index is 12.2. The van der Waals surface area contributed by atoms with E-state index in [2.05, 4.69) is 20.2 Å². The van der Waals surface area contributed by atoms with Crippen LogP contribution in [0, 0.1) is 6.92 Å². The second kappa shape index (κ2) is 7.82. The lowest BCUT2D eigenvalue weighted by atomic mass is 10.1. The van der Waals surface area contributed by atoms with E-state index in [0.717, 1.165) is 29.7 Å². The number of amides is 1. The van der Waals surface area contributed by atoms with Crippen LogP contribution in [-0.4, -0.2) is 30.6 Å². The molecule has 9 heteroatoms. The second-order valence-electron chi connectivity index (χ2n) is 5.50. The van der Waals surface area contributed by atoms with Crippen molar-refractivity contribution in [3.05, 3.63) is 35.4 Å². The molecule has 24 heavy (non-hydrogen) atoms. The number of aromatic nitrogens is 2. The lowest BCUT2D eigenvalue weighted by molar-refractivity contribution is 0.102. The van der Waals surface area contributed by atoms with Crippen LogP contribution in [0.4, 0.5) is 5.13 Å². The highest BCUT2D eigenvalue weighted by molar-refractivity contribution is 7.91. The number of benzene rings is 1. The van der Waals surface area contributed by atoms with Crippen LogP contribution >= 0.6 is 11.3 Å². The Morgan fingerprint density at radius 2 is 1.92 bits per heavy atom. The highest BCUT2D eigenvalue weighted by Crippen LogP contribution is 2.21. The van der Waals surface area contributed by atoms with Crippen molar-refractivity contribution in [3.63, 3.8) is 0 Å². The Kier molecular flexibility index (Phi) is 6.03. The van der Waals surface area contributed by atoms with E-state index >= 15 is 0 Å². The van der Waals surface area contributed by atoms with Gasteiger partial charge in [0, 0.05) is 11.6 Å². The number of sulfonamides is 1. The number of hydrogen-bond acceptors (Lipinski definition) is 6. The molecule has 0 saturated carbocycles. The predicted octanol–water partition coefficient (Wildman–Crippen LogP) is 2.57. The number of carbonyl (C=O) groups excluding carboxylic acids is 1. The first-order valence-corrected chi connectivity index (χ1v) is 9.85. The lowest BCUT2D eigenvalue weighted by Gasteiger charge is -2.10. The summed E-state index contributed by atoms with van der Waals surface area (Å²) in [5.41, 5.74) is 1.51. The Balaban J connectivity index is 2.07. The van der Waals surface area contributed by atoms with Crippen molar-refractivity contribution in [2.24, 2.45) is 0 Å². The molecule has 1 aromatic carbocycles. The monoisotopic (exact) mass is 368 g/mol. The van der Waals surface area contributed by atoms with Gasteiger partial charge in [-0.1, -0.05) is 42.4 Å². The molecule has 1 atom stereocenters. The SMILES string of the molecule is CCC[C@H](C)NS(=O)(=O)c1nnc(NC(=O)c2ccc(C)cc2)s1. The minimum Gasteiger partial charge on any atom is -0.296 e. The van der Waals surface area contributed by atoms with Crippen molar-refractivity contribution < 1.29 is 13.2 Å². The number of nitrogens with one attached hydrogen (secondary N) is 2. The van der Waals surface area contributed by atoms with E-state index in [9.17, 15) is 13.2 Å². The van der Waals surface area contributed by atoms with Gasteiger partial charge in [-0.15, -0.1) is 10.2 Å². The summed E-state index contributed by atoms with van der Waals surface area (Å²) in [6.45, 7) is 5.70. The zero-order valence-electron chi connectivity index (χ0n) is 13.7. The summed E-state index contributed by atoms with van der Waals surface area (Å²) < 4.78 is 26.8. The van der Waals surface area contributed by atoms with Gasteiger partial charge in [0.15, 0.2) is 0 Å². The summed E-state index contributed by atoms with van der Waals surface area (Å²) in [5.74, 6) is -0.359. The van der Waals surface area contributed by atoms with Crippen molar-refractivity contribution in [2.75, 3.05) is 5.32 Å². The Morgan fingerprint density at radius 1 is 1.25 bits per heavy atom. The van der Waals surface area contributed by atoms with Crippen LogP contribution in [0.15, 0.2) is 28.6 Å². The van der Waals surface area contributed by atoms with Crippen LogP contribution in [0.5, 0.6) is 0 Å². The molecule has 0 aliphatic carbocycles. The molecule has 1 amide bonds. The van der Waals surface area contributed by atoms with Crippen LogP contribution in [-0.2, 0) is 10.0 Å². The average Bonchev–Trinajstić information content (AvgIpc) is 2.97. The van der Waals surface area contributed by atoms with Crippen molar-refractivity contribution >= 4 is 32.4 Å². The quantitative estimate of drug-likeness (QED) is 0.732. The summed E-state index contributed by atoms with van der Waals surface area (Å²) >= 11 is 0.821. The Morgan fingerprint density at radius 3 is 2.54 bits per heavy atom.